The van der Waals surface area contributed by atoms with E-state index in [1.165, 1.54) is 11.8 Å². The molecule has 0 bridgehead atoms. The zero-order valence-electron chi connectivity index (χ0n) is 15.2. The van der Waals surface area contributed by atoms with Crippen LogP contribution in [0.15, 0.2) is 41.4 Å². The van der Waals surface area contributed by atoms with Gasteiger partial charge in [0.15, 0.2) is 0 Å². The van der Waals surface area contributed by atoms with Gasteiger partial charge in [0, 0.05) is 25.2 Å². The Bertz CT molecular complexity index is 585. The van der Waals surface area contributed by atoms with E-state index in [2.05, 4.69) is 10.2 Å². The Hall–Kier alpha value is -1.84. The maximum absolute atomic E-state index is 11.8. The Morgan fingerprint density at radius 3 is 2.62 bits per heavy atom. The normalized spacial score (nSPS) is 11.2. The molecular formula is C17H25N3O4S2. The minimum absolute atomic E-state index is 0.234. The van der Waals surface area contributed by atoms with Crippen molar-refractivity contribution in [3.8, 4) is 0 Å². The van der Waals surface area contributed by atoms with Gasteiger partial charge in [-0.1, -0.05) is 36.4 Å². The molecule has 1 aromatic carbocycles. The molecule has 9 heteroatoms. The summed E-state index contributed by atoms with van der Waals surface area (Å²) in [6.45, 7) is 4.95. The molecule has 0 saturated heterocycles. The number of nitrogens with zero attached hydrogens (tertiary/aromatic N) is 1. The van der Waals surface area contributed by atoms with Crippen molar-refractivity contribution in [2.75, 3.05) is 19.4 Å². The van der Waals surface area contributed by atoms with Crippen LogP contribution in [0.5, 0.6) is 0 Å². The number of hydrogen-bond donors (Lipinski definition) is 2. The number of allylic oxidation sites excluding steroid dienone is 1. The number of carbonyl (C=O) groups is 2. The summed E-state index contributed by atoms with van der Waals surface area (Å²) < 4.78 is 9.40. The van der Waals surface area contributed by atoms with E-state index in [0.717, 1.165) is 22.7 Å². The average molecular weight is 400 g/mol. The van der Waals surface area contributed by atoms with Crippen molar-refractivity contribution < 1.29 is 19.2 Å². The van der Waals surface area contributed by atoms with Gasteiger partial charge in [0.05, 0.1) is 13.0 Å². The monoisotopic (exact) mass is 399 g/mol. The quantitative estimate of drug-likeness (QED) is 0.333. The molecule has 0 unspecified atom stereocenters. The van der Waals surface area contributed by atoms with Gasteiger partial charge in [0.2, 0.25) is 0 Å². The summed E-state index contributed by atoms with van der Waals surface area (Å²) in [5.41, 5.74) is 3.63. The third-order valence-corrected chi connectivity index (χ3v) is 4.64. The van der Waals surface area contributed by atoms with Gasteiger partial charge in [0.25, 0.3) is 0 Å². The maximum atomic E-state index is 11.8. The van der Waals surface area contributed by atoms with E-state index >= 15 is 0 Å². The predicted molar refractivity (Wildman–Crippen MR) is 106 cm³/mol. The molecule has 0 aliphatic carbocycles. The molecule has 0 heterocycles. The van der Waals surface area contributed by atoms with Crippen LogP contribution in [-0.2, 0) is 20.9 Å². The summed E-state index contributed by atoms with van der Waals surface area (Å²) in [6, 6.07) is 9.78. The summed E-state index contributed by atoms with van der Waals surface area (Å²) in [4.78, 5) is 28.3. The highest BCUT2D eigenvalue weighted by atomic mass is 32.2. The van der Waals surface area contributed by atoms with E-state index in [1.54, 1.807) is 13.0 Å². The van der Waals surface area contributed by atoms with Gasteiger partial charge in [-0.2, -0.15) is 0 Å². The lowest BCUT2D eigenvalue weighted by Crippen LogP contribution is -2.30. The maximum Gasteiger partial charge on any atom is 0.442 e. The largest absolute Gasteiger partial charge is 0.466 e. The van der Waals surface area contributed by atoms with Crippen molar-refractivity contribution >= 4 is 36.0 Å². The van der Waals surface area contributed by atoms with Crippen molar-refractivity contribution in [3.63, 3.8) is 0 Å². The number of hydrogen-bond acceptors (Lipinski definition) is 8. The molecule has 144 valence electrons. The number of thioether (sulfide) groups is 1. The third kappa shape index (κ3) is 9.59. The highest BCUT2D eigenvalue weighted by Crippen LogP contribution is 2.14. The highest BCUT2D eigenvalue weighted by molar-refractivity contribution is 8.02. The van der Waals surface area contributed by atoms with Crippen LogP contribution < -0.4 is 10.2 Å². The standard InChI is InChI=1S/C17H25N3O4S2/c1-4-15(25-3)18-24-17(22)19-26-20(12-11-16(21)23-5-2)13-14-9-7-6-8-10-14/h4,6-10,18H,5,11-13H2,1-3H3,(H,19,22). The first-order valence-electron chi connectivity index (χ1n) is 8.13. The van der Waals surface area contributed by atoms with E-state index in [4.69, 9.17) is 9.57 Å². The fourth-order valence-corrected chi connectivity index (χ4v) is 2.83. The van der Waals surface area contributed by atoms with Gasteiger partial charge in [-0.3, -0.25) is 4.79 Å². The first kappa shape index (κ1) is 22.2. The lowest BCUT2D eigenvalue weighted by Gasteiger charge is -2.20. The molecule has 1 amide bonds. The molecule has 7 nitrogen and oxygen atoms in total. The Labute approximate surface area is 163 Å². The van der Waals surface area contributed by atoms with E-state index in [-0.39, 0.29) is 12.4 Å². The summed E-state index contributed by atoms with van der Waals surface area (Å²) in [6.07, 6.45) is 3.27. The Morgan fingerprint density at radius 2 is 2.00 bits per heavy atom. The number of amides is 1. The topological polar surface area (TPSA) is 79.9 Å². The Balaban J connectivity index is 2.52. The van der Waals surface area contributed by atoms with Crippen LogP contribution in [0.4, 0.5) is 4.79 Å². The van der Waals surface area contributed by atoms with Crippen LogP contribution in [0, 0.1) is 0 Å². The second kappa shape index (κ2) is 13.4. The molecule has 0 radical (unpaired) electrons. The molecule has 0 atom stereocenters. The number of hydroxylamine groups is 1. The van der Waals surface area contributed by atoms with Crippen LogP contribution in [0.25, 0.3) is 0 Å². The number of nitrogens with one attached hydrogen (secondary N) is 2. The molecule has 0 saturated carbocycles. The predicted octanol–water partition coefficient (Wildman–Crippen LogP) is 3.46. The minimum atomic E-state index is -0.627. The minimum Gasteiger partial charge on any atom is -0.466 e. The molecule has 2 N–H and O–H groups in total. The number of esters is 1. The van der Waals surface area contributed by atoms with E-state index in [9.17, 15) is 9.59 Å². The molecule has 0 spiro atoms. The summed E-state index contributed by atoms with van der Waals surface area (Å²) in [5.74, 6) is -0.270. The Morgan fingerprint density at radius 1 is 1.27 bits per heavy atom. The van der Waals surface area contributed by atoms with Gasteiger partial charge in [-0.25, -0.2) is 19.3 Å². The van der Waals surface area contributed by atoms with Crippen LogP contribution in [-0.4, -0.2) is 35.8 Å². The molecule has 0 aliphatic heterocycles. The van der Waals surface area contributed by atoms with E-state index in [1.807, 2.05) is 47.8 Å². The van der Waals surface area contributed by atoms with Crippen molar-refractivity contribution in [1.29, 1.82) is 0 Å². The lowest BCUT2D eigenvalue weighted by molar-refractivity contribution is -0.143. The fourth-order valence-electron chi connectivity index (χ4n) is 1.83. The molecule has 0 fully saturated rings. The van der Waals surface area contributed by atoms with Crippen molar-refractivity contribution in [1.82, 2.24) is 14.5 Å². The number of rotatable bonds is 11. The molecule has 0 aliphatic rings. The zero-order valence-corrected chi connectivity index (χ0v) is 16.8. The first-order valence-corrected chi connectivity index (χ1v) is 10.1. The highest BCUT2D eigenvalue weighted by Gasteiger charge is 2.13. The fraction of sp³-hybridized carbons (Fsp3) is 0.412. The summed E-state index contributed by atoms with van der Waals surface area (Å²) >= 11 is 2.52. The van der Waals surface area contributed by atoms with E-state index < -0.39 is 6.09 Å². The summed E-state index contributed by atoms with van der Waals surface area (Å²) in [5, 5.41) is 0.730. The Kier molecular flexibility index (Phi) is 11.4. The number of benzene rings is 1. The van der Waals surface area contributed by atoms with Gasteiger partial charge in [-0.15, -0.1) is 11.8 Å². The van der Waals surface area contributed by atoms with Crippen molar-refractivity contribution in [3.05, 3.63) is 47.0 Å². The second-order valence-electron chi connectivity index (χ2n) is 4.95. The van der Waals surface area contributed by atoms with Crippen LogP contribution in [0.1, 0.15) is 25.8 Å². The third-order valence-electron chi connectivity index (χ3n) is 3.06. The van der Waals surface area contributed by atoms with Crippen LogP contribution >= 0.6 is 23.9 Å². The molecule has 26 heavy (non-hydrogen) atoms. The second-order valence-corrected chi connectivity index (χ2v) is 6.70. The van der Waals surface area contributed by atoms with Crippen LogP contribution in [0.3, 0.4) is 0 Å². The van der Waals surface area contributed by atoms with Gasteiger partial charge < -0.3 is 9.57 Å². The van der Waals surface area contributed by atoms with Crippen LogP contribution in [0.2, 0.25) is 0 Å². The zero-order chi connectivity index (χ0) is 19.2. The molecule has 0 aromatic heterocycles. The van der Waals surface area contributed by atoms with Gasteiger partial charge in [0.1, 0.15) is 5.03 Å². The van der Waals surface area contributed by atoms with E-state index in [0.29, 0.717) is 19.7 Å². The number of ether oxygens (including phenoxy) is 1. The number of carbonyl (C=O) groups excluding carboxylic acids is 2. The smallest absolute Gasteiger partial charge is 0.442 e. The summed E-state index contributed by atoms with van der Waals surface area (Å²) in [7, 11) is 0. The molecule has 1 aromatic rings. The SMILES string of the molecule is CC=C(NOC(=O)NSN(CCC(=O)OCC)Cc1ccccc1)SC. The van der Waals surface area contributed by atoms with Gasteiger partial charge in [-0.05, 0) is 25.7 Å². The lowest BCUT2D eigenvalue weighted by atomic mass is 10.2. The van der Waals surface area contributed by atoms with Crippen molar-refractivity contribution in [2.45, 2.75) is 26.8 Å². The molecular weight excluding hydrogens is 374 g/mol. The molecule has 1 rings (SSSR count). The first-order chi connectivity index (χ1) is 12.6. The average Bonchev–Trinajstić information content (AvgIpc) is 2.65. The van der Waals surface area contributed by atoms with Crippen molar-refractivity contribution in [2.24, 2.45) is 0 Å². The van der Waals surface area contributed by atoms with Gasteiger partial charge >= 0.3 is 12.1 Å².